The van der Waals surface area contributed by atoms with Gasteiger partial charge in [-0.1, -0.05) is 53.6 Å². The zero-order valence-electron chi connectivity index (χ0n) is 15.0. The molecule has 7 heteroatoms. The molecule has 3 aromatic rings. The molecule has 28 heavy (non-hydrogen) atoms. The molecule has 0 amide bonds. The average molecular weight is 413 g/mol. The summed E-state index contributed by atoms with van der Waals surface area (Å²) >= 11 is 6.36. The summed E-state index contributed by atoms with van der Waals surface area (Å²) in [4.78, 5) is 0.156. The van der Waals surface area contributed by atoms with Gasteiger partial charge >= 0.3 is 0 Å². The van der Waals surface area contributed by atoms with Gasteiger partial charge in [-0.15, -0.1) is 4.40 Å². The van der Waals surface area contributed by atoms with Crippen molar-refractivity contribution in [2.45, 2.75) is 18.4 Å². The minimum atomic E-state index is -3.76. The van der Waals surface area contributed by atoms with Crippen LogP contribution < -0.4 is 10.1 Å². The number of hydrogen-bond donors (Lipinski definition) is 1. The standard InChI is InChI=1S/C21H17ClN2O3S/c1-14-5-4-6-15(11-14)13-27-19-10-9-16(12-17(19)22)21-23-18-7-2-3-8-20(18)28(25,26)24-21/h2-12H,13H2,1H3,(H,23,24). The molecule has 0 bridgehead atoms. The predicted octanol–water partition coefficient (Wildman–Crippen LogP) is 4.79. The number of rotatable bonds is 4. The first-order valence-electron chi connectivity index (χ1n) is 8.62. The number of ether oxygens (including phenoxy) is 1. The van der Waals surface area contributed by atoms with E-state index in [0.717, 1.165) is 11.1 Å². The molecule has 0 atom stereocenters. The Morgan fingerprint density at radius 3 is 2.64 bits per heavy atom. The van der Waals surface area contributed by atoms with Crippen LogP contribution in [-0.4, -0.2) is 14.3 Å². The van der Waals surface area contributed by atoms with Gasteiger partial charge < -0.3 is 10.1 Å². The molecule has 3 aromatic carbocycles. The van der Waals surface area contributed by atoms with E-state index >= 15 is 0 Å². The third-order valence-corrected chi connectivity index (χ3v) is 5.94. The van der Waals surface area contributed by atoms with E-state index in [1.807, 2.05) is 31.2 Å². The quantitative estimate of drug-likeness (QED) is 0.669. The van der Waals surface area contributed by atoms with E-state index in [-0.39, 0.29) is 10.7 Å². The molecule has 142 valence electrons. The number of para-hydroxylation sites is 1. The highest BCUT2D eigenvalue weighted by Gasteiger charge is 2.25. The molecule has 0 fully saturated rings. The Morgan fingerprint density at radius 1 is 1.04 bits per heavy atom. The van der Waals surface area contributed by atoms with Gasteiger partial charge in [-0.05, 0) is 42.8 Å². The molecule has 1 aliphatic heterocycles. The number of hydrogen-bond acceptors (Lipinski definition) is 4. The fourth-order valence-corrected chi connectivity index (χ4v) is 4.34. The zero-order chi connectivity index (χ0) is 19.7. The van der Waals surface area contributed by atoms with Crippen molar-refractivity contribution in [2.75, 3.05) is 5.32 Å². The molecule has 0 saturated carbocycles. The van der Waals surface area contributed by atoms with Crippen LogP contribution >= 0.6 is 11.6 Å². The topological polar surface area (TPSA) is 67.8 Å². The first-order valence-corrected chi connectivity index (χ1v) is 10.4. The second-order valence-corrected chi connectivity index (χ2v) is 8.44. The van der Waals surface area contributed by atoms with E-state index in [2.05, 4.69) is 9.71 Å². The lowest BCUT2D eigenvalue weighted by Gasteiger charge is -2.18. The number of anilines is 1. The van der Waals surface area contributed by atoms with Crippen molar-refractivity contribution in [3.8, 4) is 5.75 Å². The van der Waals surface area contributed by atoms with Crippen LogP contribution in [0.4, 0.5) is 5.69 Å². The molecule has 0 aromatic heterocycles. The van der Waals surface area contributed by atoms with Crippen molar-refractivity contribution in [3.63, 3.8) is 0 Å². The molecule has 1 aliphatic rings. The van der Waals surface area contributed by atoms with Crippen LogP contribution in [0.3, 0.4) is 0 Å². The average Bonchev–Trinajstić information content (AvgIpc) is 2.66. The van der Waals surface area contributed by atoms with Crippen LogP contribution in [0, 0.1) is 6.92 Å². The number of amidine groups is 1. The molecule has 1 heterocycles. The summed E-state index contributed by atoms with van der Waals surface area (Å²) in [5, 5.41) is 3.43. The van der Waals surface area contributed by atoms with Gasteiger partial charge in [0.25, 0.3) is 10.0 Å². The number of halogens is 1. The van der Waals surface area contributed by atoms with Crippen LogP contribution in [-0.2, 0) is 16.6 Å². The van der Waals surface area contributed by atoms with E-state index in [1.165, 1.54) is 6.07 Å². The normalized spacial score (nSPS) is 14.6. The molecular formula is C21H17ClN2O3S. The lowest BCUT2D eigenvalue weighted by molar-refractivity contribution is 0.306. The third kappa shape index (κ3) is 3.74. The molecule has 5 nitrogen and oxygen atoms in total. The first kappa shape index (κ1) is 18.5. The molecule has 4 rings (SSSR count). The Kier molecular flexibility index (Phi) is 4.83. The minimum Gasteiger partial charge on any atom is -0.487 e. The van der Waals surface area contributed by atoms with Crippen molar-refractivity contribution in [3.05, 3.63) is 88.4 Å². The highest BCUT2D eigenvalue weighted by atomic mass is 35.5. The molecule has 0 saturated heterocycles. The van der Waals surface area contributed by atoms with E-state index < -0.39 is 10.0 Å². The number of fused-ring (bicyclic) bond motifs is 1. The zero-order valence-corrected chi connectivity index (χ0v) is 16.6. The second kappa shape index (κ2) is 7.30. The van der Waals surface area contributed by atoms with E-state index in [9.17, 15) is 8.42 Å². The van der Waals surface area contributed by atoms with E-state index in [1.54, 1.807) is 36.4 Å². The SMILES string of the molecule is Cc1cccc(COc2ccc(C3=NS(=O)(=O)c4ccccc4N3)cc2Cl)c1. The summed E-state index contributed by atoms with van der Waals surface area (Å²) in [5.41, 5.74) is 3.25. The van der Waals surface area contributed by atoms with Gasteiger partial charge in [0.2, 0.25) is 0 Å². The summed E-state index contributed by atoms with van der Waals surface area (Å²) < 4.78 is 34.5. The van der Waals surface area contributed by atoms with E-state index in [4.69, 9.17) is 16.3 Å². The Bertz CT molecular complexity index is 1190. The minimum absolute atomic E-state index is 0.156. The van der Waals surface area contributed by atoms with Crippen LogP contribution in [0.25, 0.3) is 0 Å². The largest absolute Gasteiger partial charge is 0.487 e. The summed E-state index contributed by atoms with van der Waals surface area (Å²) in [7, 11) is -3.76. The lowest BCUT2D eigenvalue weighted by atomic mass is 10.1. The molecule has 0 radical (unpaired) electrons. The smallest absolute Gasteiger partial charge is 0.286 e. The van der Waals surface area contributed by atoms with Gasteiger partial charge in [0, 0.05) is 5.56 Å². The highest BCUT2D eigenvalue weighted by Crippen LogP contribution is 2.31. The summed E-state index contributed by atoms with van der Waals surface area (Å²) in [6, 6.07) is 19.8. The number of nitrogens with zero attached hydrogens (tertiary/aromatic N) is 1. The van der Waals surface area contributed by atoms with Gasteiger partial charge in [-0.3, -0.25) is 0 Å². The lowest BCUT2D eigenvalue weighted by Crippen LogP contribution is -2.22. The molecular weight excluding hydrogens is 396 g/mol. The highest BCUT2D eigenvalue weighted by molar-refractivity contribution is 7.90. The molecule has 0 unspecified atom stereocenters. The van der Waals surface area contributed by atoms with Crippen molar-refractivity contribution in [1.29, 1.82) is 0 Å². The van der Waals surface area contributed by atoms with Crippen LogP contribution in [0.2, 0.25) is 5.02 Å². The summed E-state index contributed by atoms with van der Waals surface area (Å²) in [5.74, 6) is 0.748. The summed E-state index contributed by atoms with van der Waals surface area (Å²) in [6.45, 7) is 2.41. The number of nitrogens with one attached hydrogen (secondary N) is 1. The van der Waals surface area contributed by atoms with Crippen molar-refractivity contribution < 1.29 is 13.2 Å². The first-order chi connectivity index (χ1) is 13.4. The second-order valence-electron chi connectivity index (χ2n) is 6.46. The predicted molar refractivity (Wildman–Crippen MR) is 111 cm³/mol. The molecule has 1 N–H and O–H groups in total. The van der Waals surface area contributed by atoms with Gasteiger partial charge in [-0.2, -0.15) is 8.42 Å². The fourth-order valence-electron chi connectivity index (χ4n) is 2.97. The Balaban J connectivity index is 1.58. The Labute approximate surface area is 168 Å². The van der Waals surface area contributed by atoms with Crippen LogP contribution in [0.5, 0.6) is 5.75 Å². The maximum absolute atomic E-state index is 12.4. The Hall–Kier alpha value is -2.83. The number of aryl methyl sites for hydroxylation is 1. The van der Waals surface area contributed by atoms with Crippen molar-refractivity contribution >= 4 is 33.1 Å². The maximum Gasteiger partial charge on any atom is 0.286 e. The van der Waals surface area contributed by atoms with Crippen molar-refractivity contribution in [1.82, 2.24) is 0 Å². The van der Waals surface area contributed by atoms with E-state index in [0.29, 0.717) is 28.6 Å². The van der Waals surface area contributed by atoms with Gasteiger partial charge in [-0.25, -0.2) is 0 Å². The third-order valence-electron chi connectivity index (χ3n) is 4.31. The monoisotopic (exact) mass is 412 g/mol. The molecule has 0 aliphatic carbocycles. The number of sulfonamides is 1. The number of benzene rings is 3. The van der Waals surface area contributed by atoms with Gasteiger partial charge in [0.1, 0.15) is 17.3 Å². The van der Waals surface area contributed by atoms with Gasteiger partial charge in [0.15, 0.2) is 5.84 Å². The Morgan fingerprint density at radius 2 is 1.86 bits per heavy atom. The maximum atomic E-state index is 12.4. The molecule has 0 spiro atoms. The van der Waals surface area contributed by atoms with Crippen LogP contribution in [0.1, 0.15) is 16.7 Å². The fraction of sp³-hybridized carbons (Fsp3) is 0.0952. The summed E-state index contributed by atoms with van der Waals surface area (Å²) in [6.07, 6.45) is 0. The van der Waals surface area contributed by atoms with Crippen molar-refractivity contribution in [2.24, 2.45) is 4.40 Å². The van der Waals surface area contributed by atoms with Crippen LogP contribution in [0.15, 0.2) is 76.0 Å². The van der Waals surface area contributed by atoms with Gasteiger partial charge in [0.05, 0.1) is 10.7 Å².